The van der Waals surface area contributed by atoms with Crippen molar-refractivity contribution in [3.05, 3.63) is 42.0 Å². The molecule has 0 aliphatic carbocycles. The first-order valence-electron chi connectivity index (χ1n) is 8.52. The van der Waals surface area contributed by atoms with E-state index in [9.17, 15) is 13.0 Å². The van der Waals surface area contributed by atoms with E-state index in [1.54, 1.807) is 12.1 Å². The number of hydrogen-bond donors (Lipinski definition) is 1. The molecule has 0 aliphatic rings. The molecule has 0 heterocycles. The minimum absolute atomic E-state index is 0. The SMILES string of the molecule is CCCCCCCCCc1ccc2ccccc2c1S(=O)(=O)O.[Ca+2].[H-].[H-]. The maximum absolute atomic E-state index is 11.8. The molecule has 24 heavy (non-hydrogen) atoms. The molecule has 5 heteroatoms. The third kappa shape index (κ3) is 6.30. The molecule has 0 fully saturated rings. The van der Waals surface area contributed by atoms with Gasteiger partial charge in [-0.05, 0) is 23.8 Å². The molecule has 2 aromatic carbocycles. The minimum atomic E-state index is -4.21. The Bertz CT molecular complexity index is 752. The Hall–Kier alpha value is -0.130. The first-order valence-corrected chi connectivity index (χ1v) is 9.96. The second-order valence-corrected chi connectivity index (χ2v) is 7.48. The van der Waals surface area contributed by atoms with Crippen molar-refractivity contribution in [3.63, 3.8) is 0 Å². The molecule has 0 saturated carbocycles. The van der Waals surface area contributed by atoms with Gasteiger partial charge in [0.05, 0.1) is 0 Å². The van der Waals surface area contributed by atoms with Gasteiger partial charge < -0.3 is 2.85 Å². The summed E-state index contributed by atoms with van der Waals surface area (Å²) < 4.78 is 33.3. The Balaban J connectivity index is 0. The number of aryl methyl sites for hydroxylation is 1. The molecule has 0 aliphatic heterocycles. The molecule has 0 aromatic heterocycles. The molecule has 0 spiro atoms. The summed E-state index contributed by atoms with van der Waals surface area (Å²) in [5.74, 6) is 0. The van der Waals surface area contributed by atoms with Crippen LogP contribution in [-0.2, 0) is 16.5 Å². The molecule has 0 atom stereocenters. The Kier molecular flexibility index (Phi) is 9.83. The second-order valence-electron chi connectivity index (χ2n) is 6.12. The summed E-state index contributed by atoms with van der Waals surface area (Å²) in [4.78, 5) is 0.0848. The fraction of sp³-hybridized carbons (Fsp3) is 0.474. The summed E-state index contributed by atoms with van der Waals surface area (Å²) in [6.07, 6.45) is 8.99. The zero-order valence-electron chi connectivity index (χ0n) is 16.5. The van der Waals surface area contributed by atoms with Gasteiger partial charge in [0.1, 0.15) is 4.90 Å². The van der Waals surface area contributed by atoms with E-state index in [2.05, 4.69) is 6.92 Å². The molecule has 2 rings (SSSR count). The van der Waals surface area contributed by atoms with E-state index in [4.69, 9.17) is 0 Å². The van der Waals surface area contributed by atoms with Crippen LogP contribution in [0.5, 0.6) is 0 Å². The van der Waals surface area contributed by atoms with E-state index in [1.807, 2.05) is 24.3 Å². The average molecular weight is 377 g/mol. The van der Waals surface area contributed by atoms with E-state index >= 15 is 0 Å². The van der Waals surface area contributed by atoms with E-state index < -0.39 is 10.1 Å². The van der Waals surface area contributed by atoms with Crippen molar-refractivity contribution in [3.8, 4) is 0 Å². The van der Waals surface area contributed by atoms with Crippen LogP contribution in [0.2, 0.25) is 0 Å². The van der Waals surface area contributed by atoms with Crippen molar-refractivity contribution in [2.24, 2.45) is 0 Å². The van der Waals surface area contributed by atoms with Crippen LogP contribution >= 0.6 is 0 Å². The van der Waals surface area contributed by atoms with Gasteiger partial charge in [0.15, 0.2) is 0 Å². The van der Waals surface area contributed by atoms with Crippen LogP contribution in [0.25, 0.3) is 10.8 Å². The molecule has 0 unspecified atom stereocenters. The van der Waals surface area contributed by atoms with Crippen molar-refractivity contribution < 1.29 is 15.8 Å². The summed E-state index contributed by atoms with van der Waals surface area (Å²) >= 11 is 0. The number of benzene rings is 2. The normalized spacial score (nSPS) is 11.4. The Labute approximate surface area is 178 Å². The molecule has 3 nitrogen and oxygen atoms in total. The second kappa shape index (κ2) is 10.8. The molecule has 0 amide bonds. The van der Waals surface area contributed by atoms with Crippen LogP contribution in [0.1, 0.15) is 60.3 Å². The summed E-state index contributed by atoms with van der Waals surface area (Å²) in [6.45, 7) is 2.20. The zero-order chi connectivity index (χ0) is 16.7. The summed E-state index contributed by atoms with van der Waals surface area (Å²) in [7, 11) is -4.21. The molecule has 130 valence electrons. The third-order valence-corrected chi connectivity index (χ3v) is 5.27. The standard InChI is InChI=1S/C19H26O3S.Ca.2H/c1-2-3-4-5-6-7-8-12-17-15-14-16-11-9-10-13-18(16)19(17)23(20,21)22;;;/h9-11,13-15H,2-8,12H2,1H3,(H,20,21,22);;;/q;+2;2*-1. The van der Waals surface area contributed by atoms with Gasteiger partial charge in [-0.2, -0.15) is 8.42 Å². The fourth-order valence-electron chi connectivity index (χ4n) is 3.06. The van der Waals surface area contributed by atoms with Gasteiger partial charge in [0, 0.05) is 5.39 Å². The average Bonchev–Trinajstić information content (AvgIpc) is 2.52. The van der Waals surface area contributed by atoms with Crippen LogP contribution in [0.15, 0.2) is 41.3 Å². The summed E-state index contributed by atoms with van der Waals surface area (Å²) in [5.41, 5.74) is 0.722. The number of unbranched alkanes of at least 4 members (excludes halogenated alkanes) is 6. The van der Waals surface area contributed by atoms with Gasteiger partial charge in [0.25, 0.3) is 10.1 Å². The first-order chi connectivity index (χ1) is 11.0. The molecule has 1 N–H and O–H groups in total. The summed E-state index contributed by atoms with van der Waals surface area (Å²) in [6, 6.07) is 11.1. The maximum atomic E-state index is 11.8. The predicted molar refractivity (Wildman–Crippen MR) is 103 cm³/mol. The van der Waals surface area contributed by atoms with Crippen molar-refractivity contribution >= 4 is 58.6 Å². The van der Waals surface area contributed by atoms with Crippen molar-refractivity contribution in [1.82, 2.24) is 0 Å². The smallest absolute Gasteiger partial charge is 1.00 e. The predicted octanol–water partition coefficient (Wildman–Crippen LogP) is 5.22. The molecule has 0 radical (unpaired) electrons. The van der Waals surface area contributed by atoms with Crippen molar-refractivity contribution in [2.45, 2.75) is 63.2 Å². The van der Waals surface area contributed by atoms with Gasteiger partial charge in [-0.15, -0.1) is 0 Å². The molecule has 0 bridgehead atoms. The van der Waals surface area contributed by atoms with E-state index in [0.29, 0.717) is 11.8 Å². The van der Waals surface area contributed by atoms with Crippen LogP contribution < -0.4 is 0 Å². The molecular formula is C19H28CaO3S. The first kappa shape index (κ1) is 21.9. The van der Waals surface area contributed by atoms with E-state index in [0.717, 1.165) is 23.8 Å². The minimum Gasteiger partial charge on any atom is -1.00 e. The van der Waals surface area contributed by atoms with Gasteiger partial charge in [-0.1, -0.05) is 81.8 Å². The monoisotopic (exact) mass is 376 g/mol. The Morgan fingerprint density at radius 1 is 0.917 bits per heavy atom. The van der Waals surface area contributed by atoms with Crippen molar-refractivity contribution in [2.75, 3.05) is 0 Å². The number of rotatable bonds is 9. The summed E-state index contributed by atoms with van der Waals surface area (Å²) in [5, 5.41) is 1.44. The molecule has 2 aromatic rings. The zero-order valence-corrected chi connectivity index (χ0v) is 17.5. The quantitative estimate of drug-likeness (QED) is 0.371. The maximum Gasteiger partial charge on any atom is 2.00 e. The van der Waals surface area contributed by atoms with Crippen molar-refractivity contribution in [1.29, 1.82) is 0 Å². The number of hydrogen-bond acceptors (Lipinski definition) is 2. The van der Waals surface area contributed by atoms with Gasteiger partial charge in [0.2, 0.25) is 0 Å². The van der Waals surface area contributed by atoms with E-state index in [1.165, 1.54) is 32.1 Å². The molecular weight excluding hydrogens is 348 g/mol. The van der Waals surface area contributed by atoms with E-state index in [-0.39, 0.29) is 45.5 Å². The third-order valence-electron chi connectivity index (χ3n) is 4.27. The Morgan fingerprint density at radius 2 is 1.54 bits per heavy atom. The fourth-order valence-corrected chi connectivity index (χ4v) is 4.03. The Morgan fingerprint density at radius 3 is 2.21 bits per heavy atom. The van der Waals surface area contributed by atoms with Gasteiger partial charge in [-0.3, -0.25) is 4.55 Å². The largest absolute Gasteiger partial charge is 2.00 e. The van der Waals surface area contributed by atoms with Crippen LogP contribution in [0.4, 0.5) is 0 Å². The van der Waals surface area contributed by atoms with Gasteiger partial charge in [-0.25, -0.2) is 0 Å². The van der Waals surface area contributed by atoms with Gasteiger partial charge >= 0.3 is 37.7 Å². The van der Waals surface area contributed by atoms with Crippen LogP contribution in [0.3, 0.4) is 0 Å². The topological polar surface area (TPSA) is 54.4 Å². The van der Waals surface area contributed by atoms with Crippen LogP contribution in [-0.4, -0.2) is 50.7 Å². The number of fused-ring (bicyclic) bond motifs is 1. The molecule has 0 saturated heterocycles. The van der Waals surface area contributed by atoms with Crippen LogP contribution in [0, 0.1) is 0 Å².